The van der Waals surface area contributed by atoms with Crippen LogP contribution in [0.5, 0.6) is 0 Å². The molecule has 0 radical (unpaired) electrons. The molecule has 72 valence electrons. The maximum atomic E-state index is 13.1. The van der Waals surface area contributed by atoms with E-state index in [4.69, 9.17) is 5.73 Å². The topological polar surface area (TPSA) is 38.9 Å². The third-order valence-electron chi connectivity index (χ3n) is 1.80. The molecule has 0 aromatic carbocycles. The molecule has 0 saturated heterocycles. The highest BCUT2D eigenvalue weighted by atomic mass is 19.3. The van der Waals surface area contributed by atoms with E-state index in [-0.39, 0.29) is 12.1 Å². The molecule has 0 atom stereocenters. The quantitative estimate of drug-likeness (QED) is 0.773. The minimum atomic E-state index is -2.84. The number of halogens is 3. The number of nitrogens with two attached hydrogens (primary N) is 1. The second-order valence-corrected chi connectivity index (χ2v) is 2.60. The van der Waals surface area contributed by atoms with Crippen LogP contribution in [-0.4, -0.2) is 4.98 Å². The Labute approximate surface area is 73.6 Å². The first-order valence-corrected chi connectivity index (χ1v) is 3.70. The third kappa shape index (κ3) is 1.80. The molecule has 0 fully saturated rings. The van der Waals surface area contributed by atoms with Gasteiger partial charge in [0.25, 0.3) is 6.43 Å². The number of nitrogens with zero attached hydrogens (tertiary/aromatic N) is 1. The highest BCUT2D eigenvalue weighted by molar-refractivity contribution is 5.27. The first kappa shape index (κ1) is 9.98. The van der Waals surface area contributed by atoms with Crippen molar-refractivity contribution < 1.29 is 13.2 Å². The lowest BCUT2D eigenvalue weighted by Gasteiger charge is -2.07. The summed E-state index contributed by atoms with van der Waals surface area (Å²) in [5, 5.41) is 0. The molecule has 0 amide bonds. The van der Waals surface area contributed by atoms with E-state index in [9.17, 15) is 13.2 Å². The van der Waals surface area contributed by atoms with E-state index >= 15 is 0 Å². The van der Waals surface area contributed by atoms with Gasteiger partial charge in [0, 0.05) is 18.3 Å². The molecule has 1 aromatic rings. The highest BCUT2D eigenvalue weighted by Crippen LogP contribution is 2.23. The van der Waals surface area contributed by atoms with E-state index in [0.717, 1.165) is 6.20 Å². The lowest BCUT2D eigenvalue weighted by atomic mass is 10.1. The lowest BCUT2D eigenvalue weighted by Crippen LogP contribution is -2.06. The summed E-state index contributed by atoms with van der Waals surface area (Å²) in [6, 6.07) is 0. The molecule has 0 aliphatic rings. The molecule has 1 rings (SSSR count). The Balaban J connectivity index is 3.23. The highest BCUT2D eigenvalue weighted by Gasteiger charge is 2.17. The zero-order valence-electron chi connectivity index (χ0n) is 7.02. The molecule has 1 aromatic heterocycles. The van der Waals surface area contributed by atoms with Crippen LogP contribution in [0.2, 0.25) is 0 Å². The van der Waals surface area contributed by atoms with Crippen LogP contribution in [0.1, 0.15) is 23.2 Å². The molecule has 0 unspecified atom stereocenters. The normalized spacial score (nSPS) is 10.9. The van der Waals surface area contributed by atoms with Crippen molar-refractivity contribution >= 4 is 0 Å². The number of hydrogen-bond acceptors (Lipinski definition) is 2. The van der Waals surface area contributed by atoms with Crippen molar-refractivity contribution in [1.82, 2.24) is 4.98 Å². The number of hydrogen-bond donors (Lipinski definition) is 1. The molecule has 5 heteroatoms. The van der Waals surface area contributed by atoms with E-state index in [1.54, 1.807) is 0 Å². The van der Waals surface area contributed by atoms with Gasteiger partial charge in [-0.3, -0.25) is 4.98 Å². The van der Waals surface area contributed by atoms with Crippen molar-refractivity contribution in [1.29, 1.82) is 0 Å². The minimum Gasteiger partial charge on any atom is -0.325 e. The van der Waals surface area contributed by atoms with Gasteiger partial charge in [0.1, 0.15) is 5.82 Å². The smallest absolute Gasteiger partial charge is 0.268 e. The summed E-state index contributed by atoms with van der Waals surface area (Å²) in [6.45, 7) is 1.43. The standard InChI is InChI=1S/C8H9F3N2/c1-4-6(2-12)13-3-5(7(4)9)8(10)11/h3,8H,2,12H2,1H3. The molecule has 1 heterocycles. The van der Waals surface area contributed by atoms with Gasteiger partial charge in [0.05, 0.1) is 11.3 Å². The number of aromatic nitrogens is 1. The van der Waals surface area contributed by atoms with Gasteiger partial charge in [-0.05, 0) is 6.92 Å². The summed E-state index contributed by atoms with van der Waals surface area (Å²) in [5.74, 6) is -0.912. The van der Waals surface area contributed by atoms with Crippen molar-refractivity contribution in [2.24, 2.45) is 5.73 Å². The minimum absolute atomic E-state index is 0.0479. The zero-order valence-corrected chi connectivity index (χ0v) is 7.02. The van der Waals surface area contributed by atoms with Gasteiger partial charge in [0.2, 0.25) is 0 Å². The molecule has 0 aliphatic carbocycles. The van der Waals surface area contributed by atoms with Gasteiger partial charge >= 0.3 is 0 Å². The predicted molar refractivity (Wildman–Crippen MR) is 41.8 cm³/mol. The molecule has 2 N–H and O–H groups in total. The SMILES string of the molecule is Cc1c(CN)ncc(C(F)F)c1F. The Hall–Kier alpha value is -1.10. The lowest BCUT2D eigenvalue weighted by molar-refractivity contribution is 0.145. The number of pyridine rings is 1. The largest absolute Gasteiger partial charge is 0.325 e. The first-order valence-electron chi connectivity index (χ1n) is 3.70. The van der Waals surface area contributed by atoms with Gasteiger partial charge < -0.3 is 5.73 Å². The van der Waals surface area contributed by atoms with E-state index in [1.165, 1.54) is 6.92 Å². The van der Waals surface area contributed by atoms with Gasteiger partial charge in [-0.2, -0.15) is 0 Å². The Morgan fingerprint density at radius 2 is 2.15 bits per heavy atom. The number of alkyl halides is 2. The van der Waals surface area contributed by atoms with Gasteiger partial charge in [-0.1, -0.05) is 0 Å². The fourth-order valence-electron chi connectivity index (χ4n) is 1.00. The molecule has 13 heavy (non-hydrogen) atoms. The van der Waals surface area contributed by atoms with Crippen LogP contribution < -0.4 is 5.73 Å². The van der Waals surface area contributed by atoms with Crippen LogP contribution in [0.15, 0.2) is 6.20 Å². The average Bonchev–Trinajstić information content (AvgIpc) is 2.09. The summed E-state index contributed by atoms with van der Waals surface area (Å²) in [4.78, 5) is 3.63. The fraction of sp³-hybridized carbons (Fsp3) is 0.375. The monoisotopic (exact) mass is 190 g/mol. The first-order chi connectivity index (χ1) is 6.07. The maximum absolute atomic E-state index is 13.1. The van der Waals surface area contributed by atoms with Crippen molar-refractivity contribution in [2.75, 3.05) is 0 Å². The summed E-state index contributed by atoms with van der Waals surface area (Å²) in [6.07, 6.45) is -2.01. The predicted octanol–water partition coefficient (Wildman–Crippen LogP) is 1.93. The molecule has 0 spiro atoms. The van der Waals surface area contributed by atoms with Crippen molar-refractivity contribution in [3.8, 4) is 0 Å². The second kappa shape index (κ2) is 3.74. The molecule has 0 saturated carbocycles. The van der Waals surface area contributed by atoms with Crippen LogP contribution in [0.3, 0.4) is 0 Å². The van der Waals surface area contributed by atoms with E-state index in [1.807, 2.05) is 0 Å². The van der Waals surface area contributed by atoms with Crippen LogP contribution in [-0.2, 0) is 6.54 Å². The van der Waals surface area contributed by atoms with Gasteiger partial charge in [-0.15, -0.1) is 0 Å². The van der Waals surface area contributed by atoms with Crippen molar-refractivity contribution in [2.45, 2.75) is 19.9 Å². The molecular formula is C8H9F3N2. The van der Waals surface area contributed by atoms with Crippen LogP contribution in [0.25, 0.3) is 0 Å². The molecule has 0 aliphatic heterocycles. The molecule has 0 bridgehead atoms. The fourth-order valence-corrected chi connectivity index (χ4v) is 1.00. The summed E-state index contributed by atoms with van der Waals surface area (Å²) in [7, 11) is 0. The van der Waals surface area contributed by atoms with Crippen LogP contribution >= 0.6 is 0 Å². The van der Waals surface area contributed by atoms with Gasteiger partial charge in [-0.25, -0.2) is 13.2 Å². The summed E-state index contributed by atoms with van der Waals surface area (Å²) >= 11 is 0. The third-order valence-corrected chi connectivity index (χ3v) is 1.80. The average molecular weight is 190 g/mol. The second-order valence-electron chi connectivity index (χ2n) is 2.60. The van der Waals surface area contributed by atoms with E-state index in [2.05, 4.69) is 4.98 Å². The molecular weight excluding hydrogens is 181 g/mol. The van der Waals surface area contributed by atoms with Gasteiger partial charge in [0.15, 0.2) is 0 Å². The van der Waals surface area contributed by atoms with Crippen molar-refractivity contribution in [3.05, 3.63) is 28.8 Å². The Morgan fingerprint density at radius 3 is 2.62 bits per heavy atom. The number of rotatable bonds is 2. The maximum Gasteiger partial charge on any atom is 0.268 e. The molecule has 2 nitrogen and oxygen atoms in total. The van der Waals surface area contributed by atoms with Crippen LogP contribution in [0, 0.1) is 12.7 Å². The van der Waals surface area contributed by atoms with E-state index < -0.39 is 17.8 Å². The van der Waals surface area contributed by atoms with E-state index in [0.29, 0.717) is 5.69 Å². The summed E-state index contributed by atoms with van der Waals surface area (Å²) in [5.41, 5.74) is 4.96. The Morgan fingerprint density at radius 1 is 1.54 bits per heavy atom. The Kier molecular flexibility index (Phi) is 2.87. The van der Waals surface area contributed by atoms with Crippen molar-refractivity contribution in [3.63, 3.8) is 0 Å². The zero-order chi connectivity index (χ0) is 10.0. The van der Waals surface area contributed by atoms with Crippen LogP contribution in [0.4, 0.5) is 13.2 Å². The summed E-state index contributed by atoms with van der Waals surface area (Å²) < 4.78 is 37.4. The Bertz CT molecular complexity index is 313.